The van der Waals surface area contributed by atoms with Crippen molar-refractivity contribution in [2.24, 2.45) is 0 Å². The van der Waals surface area contributed by atoms with E-state index in [1.54, 1.807) is 14.2 Å². The summed E-state index contributed by atoms with van der Waals surface area (Å²) in [6.07, 6.45) is 3.92. The van der Waals surface area contributed by atoms with Gasteiger partial charge in [0.15, 0.2) is 11.5 Å². The van der Waals surface area contributed by atoms with Gasteiger partial charge in [0, 0.05) is 11.5 Å². The highest BCUT2D eigenvalue weighted by Gasteiger charge is 2.28. The Bertz CT molecular complexity index is 376. The van der Waals surface area contributed by atoms with Crippen LogP contribution in [0.15, 0.2) is 18.2 Å². The van der Waals surface area contributed by atoms with Crippen LogP contribution in [0.2, 0.25) is 0 Å². The van der Waals surface area contributed by atoms with Gasteiger partial charge in [0.05, 0.1) is 20.3 Å². The molecule has 0 aromatic heterocycles. The molecule has 2 unspecified atom stereocenters. The number of benzene rings is 1. The first-order valence-electron chi connectivity index (χ1n) is 6.17. The van der Waals surface area contributed by atoms with Crippen LogP contribution in [0.5, 0.6) is 11.5 Å². The van der Waals surface area contributed by atoms with Crippen molar-refractivity contribution in [1.29, 1.82) is 0 Å². The minimum Gasteiger partial charge on any atom is -0.493 e. The molecule has 0 aliphatic heterocycles. The summed E-state index contributed by atoms with van der Waals surface area (Å²) in [6.45, 7) is 0. The second-order valence-corrected chi connectivity index (χ2v) is 4.54. The molecule has 94 valence electrons. The number of aliphatic hydroxyl groups is 1. The maximum atomic E-state index is 10.1. The Labute approximate surface area is 102 Å². The van der Waals surface area contributed by atoms with Gasteiger partial charge in [0.2, 0.25) is 0 Å². The van der Waals surface area contributed by atoms with Gasteiger partial charge in [-0.3, -0.25) is 0 Å². The summed E-state index contributed by atoms with van der Waals surface area (Å²) < 4.78 is 10.7. The molecule has 1 fully saturated rings. The predicted molar refractivity (Wildman–Crippen MR) is 66.8 cm³/mol. The molecule has 1 aromatic carbocycles. The van der Waals surface area contributed by atoms with Crippen LogP contribution in [-0.2, 0) is 0 Å². The molecule has 1 aliphatic rings. The SMILES string of the molecule is COc1cccc(C2CCCCC2O)c1OC. The highest BCUT2D eigenvalue weighted by Crippen LogP contribution is 2.41. The number of hydrogen-bond donors (Lipinski definition) is 1. The summed E-state index contributed by atoms with van der Waals surface area (Å²) in [7, 11) is 3.29. The maximum absolute atomic E-state index is 10.1. The first-order chi connectivity index (χ1) is 8.27. The lowest BCUT2D eigenvalue weighted by Crippen LogP contribution is -2.23. The molecule has 0 heterocycles. The van der Waals surface area contributed by atoms with Crippen LogP contribution in [0.25, 0.3) is 0 Å². The topological polar surface area (TPSA) is 38.7 Å². The van der Waals surface area contributed by atoms with Gasteiger partial charge in [0.1, 0.15) is 0 Å². The van der Waals surface area contributed by atoms with Crippen molar-refractivity contribution in [2.75, 3.05) is 14.2 Å². The minimum atomic E-state index is -0.259. The monoisotopic (exact) mass is 236 g/mol. The normalized spacial score (nSPS) is 24.4. The molecule has 2 atom stereocenters. The number of ether oxygens (including phenoxy) is 2. The molecule has 0 radical (unpaired) electrons. The molecule has 1 N–H and O–H groups in total. The van der Waals surface area contributed by atoms with E-state index >= 15 is 0 Å². The van der Waals surface area contributed by atoms with Gasteiger partial charge in [-0.2, -0.15) is 0 Å². The zero-order chi connectivity index (χ0) is 12.3. The van der Waals surface area contributed by atoms with E-state index in [0.29, 0.717) is 0 Å². The number of hydrogen-bond acceptors (Lipinski definition) is 3. The van der Waals surface area contributed by atoms with Crippen molar-refractivity contribution in [3.8, 4) is 11.5 Å². The third-order valence-electron chi connectivity index (χ3n) is 3.56. The molecule has 1 saturated carbocycles. The molecule has 2 rings (SSSR count). The van der Waals surface area contributed by atoms with E-state index in [0.717, 1.165) is 36.3 Å². The molecule has 0 spiro atoms. The minimum absolute atomic E-state index is 0.175. The van der Waals surface area contributed by atoms with Gasteiger partial charge < -0.3 is 14.6 Å². The Hall–Kier alpha value is -1.22. The Balaban J connectivity index is 2.36. The lowest BCUT2D eigenvalue weighted by Gasteiger charge is -2.29. The van der Waals surface area contributed by atoms with E-state index in [1.807, 2.05) is 18.2 Å². The van der Waals surface area contributed by atoms with E-state index in [1.165, 1.54) is 6.42 Å². The highest BCUT2D eigenvalue weighted by molar-refractivity contribution is 5.48. The van der Waals surface area contributed by atoms with Gasteiger partial charge in [-0.1, -0.05) is 25.0 Å². The van der Waals surface area contributed by atoms with E-state index < -0.39 is 0 Å². The van der Waals surface area contributed by atoms with Gasteiger partial charge in [-0.25, -0.2) is 0 Å². The second-order valence-electron chi connectivity index (χ2n) is 4.54. The molecule has 0 amide bonds. The van der Waals surface area contributed by atoms with Gasteiger partial charge in [0.25, 0.3) is 0 Å². The summed E-state index contributed by atoms with van der Waals surface area (Å²) in [6, 6.07) is 5.87. The predicted octanol–water partition coefficient (Wildman–Crippen LogP) is 2.72. The van der Waals surface area contributed by atoms with Crippen LogP contribution in [0.1, 0.15) is 37.2 Å². The van der Waals surface area contributed by atoms with Crippen LogP contribution < -0.4 is 9.47 Å². The molecule has 17 heavy (non-hydrogen) atoms. The molecule has 0 bridgehead atoms. The van der Waals surface area contributed by atoms with Gasteiger partial charge in [-0.05, 0) is 18.9 Å². The van der Waals surface area contributed by atoms with Crippen LogP contribution in [0.3, 0.4) is 0 Å². The Morgan fingerprint density at radius 1 is 1.12 bits per heavy atom. The first-order valence-corrected chi connectivity index (χ1v) is 6.17. The van der Waals surface area contributed by atoms with Crippen molar-refractivity contribution in [3.63, 3.8) is 0 Å². The summed E-state index contributed by atoms with van der Waals surface area (Å²) in [4.78, 5) is 0. The Morgan fingerprint density at radius 3 is 2.53 bits per heavy atom. The average molecular weight is 236 g/mol. The van der Waals surface area contributed by atoms with E-state index in [-0.39, 0.29) is 12.0 Å². The molecular formula is C14H20O3. The standard InChI is InChI=1S/C14H20O3/c1-16-13-9-5-7-11(14(13)17-2)10-6-3-4-8-12(10)15/h5,7,9-10,12,15H,3-4,6,8H2,1-2H3. The lowest BCUT2D eigenvalue weighted by atomic mass is 9.81. The smallest absolute Gasteiger partial charge is 0.164 e. The zero-order valence-electron chi connectivity index (χ0n) is 10.5. The van der Waals surface area contributed by atoms with Crippen LogP contribution >= 0.6 is 0 Å². The number of methoxy groups -OCH3 is 2. The largest absolute Gasteiger partial charge is 0.493 e. The van der Waals surface area contributed by atoms with Crippen molar-refractivity contribution >= 4 is 0 Å². The Morgan fingerprint density at radius 2 is 1.88 bits per heavy atom. The van der Waals surface area contributed by atoms with Crippen molar-refractivity contribution in [2.45, 2.75) is 37.7 Å². The zero-order valence-corrected chi connectivity index (χ0v) is 10.5. The summed E-state index contributed by atoms with van der Waals surface area (Å²) in [5, 5.41) is 10.1. The van der Waals surface area contributed by atoms with Crippen molar-refractivity contribution < 1.29 is 14.6 Å². The van der Waals surface area contributed by atoms with Crippen molar-refractivity contribution in [3.05, 3.63) is 23.8 Å². The van der Waals surface area contributed by atoms with Crippen LogP contribution in [-0.4, -0.2) is 25.4 Å². The van der Waals surface area contributed by atoms with E-state index in [4.69, 9.17) is 9.47 Å². The third kappa shape index (κ3) is 2.39. The highest BCUT2D eigenvalue weighted by atomic mass is 16.5. The van der Waals surface area contributed by atoms with Gasteiger partial charge >= 0.3 is 0 Å². The fourth-order valence-electron chi connectivity index (χ4n) is 2.68. The fraction of sp³-hybridized carbons (Fsp3) is 0.571. The quantitative estimate of drug-likeness (QED) is 0.877. The maximum Gasteiger partial charge on any atom is 0.164 e. The second kappa shape index (κ2) is 5.41. The lowest BCUT2D eigenvalue weighted by molar-refractivity contribution is 0.105. The fourth-order valence-corrected chi connectivity index (χ4v) is 2.68. The molecule has 1 aliphatic carbocycles. The summed E-state index contributed by atoms with van der Waals surface area (Å²) >= 11 is 0. The number of rotatable bonds is 3. The van der Waals surface area contributed by atoms with E-state index in [9.17, 15) is 5.11 Å². The van der Waals surface area contributed by atoms with Crippen molar-refractivity contribution in [1.82, 2.24) is 0 Å². The first kappa shape index (κ1) is 12.2. The van der Waals surface area contributed by atoms with Gasteiger partial charge in [-0.15, -0.1) is 0 Å². The molecule has 3 heteroatoms. The number of aliphatic hydroxyl groups excluding tert-OH is 1. The summed E-state index contributed by atoms with van der Waals surface area (Å²) in [5.41, 5.74) is 1.07. The third-order valence-corrected chi connectivity index (χ3v) is 3.56. The van der Waals surface area contributed by atoms with Crippen LogP contribution in [0, 0.1) is 0 Å². The Kier molecular flexibility index (Phi) is 3.89. The molecule has 3 nitrogen and oxygen atoms in total. The van der Waals surface area contributed by atoms with Crippen LogP contribution in [0.4, 0.5) is 0 Å². The summed E-state index contributed by atoms with van der Waals surface area (Å²) in [5.74, 6) is 1.68. The molecular weight excluding hydrogens is 216 g/mol. The molecule has 1 aromatic rings. The molecule has 0 saturated heterocycles. The average Bonchev–Trinajstić information content (AvgIpc) is 2.38. The van der Waals surface area contributed by atoms with E-state index in [2.05, 4.69) is 0 Å². The number of para-hydroxylation sites is 1.